The Hall–Kier alpha value is -1.66. The molecular weight excluding hydrogens is 356 g/mol. The highest BCUT2D eigenvalue weighted by molar-refractivity contribution is 9.10. The smallest absolute Gasteiger partial charge is 0.225 e. The average molecular weight is 379 g/mol. The third-order valence-corrected chi connectivity index (χ3v) is 4.20. The Bertz CT molecular complexity index is 624. The van der Waals surface area contributed by atoms with Crippen molar-refractivity contribution in [2.75, 3.05) is 11.9 Å². The molecule has 5 nitrogen and oxygen atoms in total. The van der Waals surface area contributed by atoms with Crippen LogP contribution in [0.25, 0.3) is 0 Å². The third kappa shape index (κ3) is 6.15. The fourth-order valence-electron chi connectivity index (χ4n) is 2.35. The second-order valence-electron chi connectivity index (χ2n) is 5.74. The monoisotopic (exact) mass is 378 g/mol. The molecule has 0 aliphatic carbocycles. The first-order valence-corrected chi connectivity index (χ1v) is 8.61. The Morgan fingerprint density at radius 2 is 2.09 bits per heavy atom. The van der Waals surface area contributed by atoms with Gasteiger partial charge in [0.2, 0.25) is 5.91 Å². The highest BCUT2D eigenvalue weighted by Gasteiger charge is 2.09. The molecular formula is C17H23BrN4O. The van der Waals surface area contributed by atoms with E-state index in [9.17, 15) is 4.79 Å². The molecule has 0 saturated heterocycles. The molecule has 0 fully saturated rings. The summed E-state index contributed by atoms with van der Waals surface area (Å²) in [5.41, 5.74) is 3.21. The Kier molecular flexibility index (Phi) is 6.80. The quantitative estimate of drug-likeness (QED) is 0.616. The van der Waals surface area contributed by atoms with Crippen molar-refractivity contribution in [1.29, 1.82) is 0 Å². The van der Waals surface area contributed by atoms with Gasteiger partial charge in [-0.2, -0.15) is 5.10 Å². The van der Waals surface area contributed by atoms with E-state index < -0.39 is 0 Å². The Morgan fingerprint density at radius 3 is 2.74 bits per heavy atom. The first-order chi connectivity index (χ1) is 11.0. The SMILES string of the molecule is Cc1[nH]ncc1CCCNC(C)CC(=O)Nc1ccc(Br)cc1. The van der Waals surface area contributed by atoms with Crippen molar-refractivity contribution in [1.82, 2.24) is 15.5 Å². The summed E-state index contributed by atoms with van der Waals surface area (Å²) in [5, 5.41) is 13.3. The molecule has 3 N–H and O–H groups in total. The van der Waals surface area contributed by atoms with Crippen LogP contribution in [0.3, 0.4) is 0 Å². The Labute approximate surface area is 145 Å². The number of amides is 1. The number of H-pyrrole nitrogens is 1. The van der Waals surface area contributed by atoms with Gasteiger partial charge in [0.25, 0.3) is 0 Å². The topological polar surface area (TPSA) is 69.8 Å². The van der Waals surface area contributed by atoms with E-state index in [0.29, 0.717) is 6.42 Å². The van der Waals surface area contributed by atoms with Crippen LogP contribution < -0.4 is 10.6 Å². The molecule has 0 spiro atoms. The molecule has 1 amide bonds. The lowest BCUT2D eigenvalue weighted by Gasteiger charge is -2.13. The third-order valence-electron chi connectivity index (χ3n) is 3.67. The van der Waals surface area contributed by atoms with Crippen molar-refractivity contribution in [3.63, 3.8) is 0 Å². The fourth-order valence-corrected chi connectivity index (χ4v) is 2.61. The number of nitrogens with zero attached hydrogens (tertiary/aromatic N) is 1. The first-order valence-electron chi connectivity index (χ1n) is 7.82. The summed E-state index contributed by atoms with van der Waals surface area (Å²) < 4.78 is 0.999. The summed E-state index contributed by atoms with van der Waals surface area (Å²) in [7, 11) is 0. The lowest BCUT2D eigenvalue weighted by Crippen LogP contribution is -2.31. The summed E-state index contributed by atoms with van der Waals surface area (Å²) in [6.07, 6.45) is 4.36. The maximum absolute atomic E-state index is 12.0. The summed E-state index contributed by atoms with van der Waals surface area (Å²) >= 11 is 3.38. The molecule has 0 saturated carbocycles. The van der Waals surface area contributed by atoms with Gasteiger partial charge in [-0.25, -0.2) is 0 Å². The van der Waals surface area contributed by atoms with Crippen molar-refractivity contribution in [2.24, 2.45) is 0 Å². The normalized spacial score (nSPS) is 12.1. The van der Waals surface area contributed by atoms with Crippen LogP contribution in [-0.4, -0.2) is 28.7 Å². The minimum atomic E-state index is 0.0259. The molecule has 0 aliphatic rings. The second kappa shape index (κ2) is 8.84. The number of hydrogen-bond acceptors (Lipinski definition) is 3. The van der Waals surface area contributed by atoms with Gasteiger partial charge in [0.05, 0.1) is 6.20 Å². The van der Waals surface area contributed by atoms with Gasteiger partial charge in [0, 0.05) is 28.3 Å². The van der Waals surface area contributed by atoms with Gasteiger partial charge in [0.15, 0.2) is 0 Å². The minimum Gasteiger partial charge on any atom is -0.326 e. The highest BCUT2D eigenvalue weighted by Crippen LogP contribution is 2.14. The number of halogens is 1. The molecule has 0 radical (unpaired) electrons. The minimum absolute atomic E-state index is 0.0259. The van der Waals surface area contributed by atoms with Crippen molar-refractivity contribution in [3.05, 3.63) is 46.2 Å². The number of carbonyl (C=O) groups excluding carboxylic acids is 1. The molecule has 1 atom stereocenters. The van der Waals surface area contributed by atoms with E-state index in [-0.39, 0.29) is 11.9 Å². The maximum Gasteiger partial charge on any atom is 0.225 e. The van der Waals surface area contributed by atoms with Gasteiger partial charge >= 0.3 is 0 Å². The number of benzene rings is 1. The van der Waals surface area contributed by atoms with E-state index in [2.05, 4.69) is 36.8 Å². The molecule has 2 aromatic rings. The molecule has 2 rings (SSSR count). The lowest BCUT2D eigenvalue weighted by atomic mass is 10.1. The van der Waals surface area contributed by atoms with Crippen molar-refractivity contribution in [3.8, 4) is 0 Å². The zero-order chi connectivity index (χ0) is 16.7. The van der Waals surface area contributed by atoms with Gasteiger partial charge in [-0.05, 0) is 63.1 Å². The number of carbonyl (C=O) groups is 1. The van der Waals surface area contributed by atoms with E-state index >= 15 is 0 Å². The van der Waals surface area contributed by atoms with Gasteiger partial charge in [-0.1, -0.05) is 15.9 Å². The largest absolute Gasteiger partial charge is 0.326 e. The van der Waals surface area contributed by atoms with Gasteiger partial charge < -0.3 is 10.6 Å². The first kappa shape index (κ1) is 17.7. The average Bonchev–Trinajstić information content (AvgIpc) is 2.91. The van der Waals surface area contributed by atoms with Crippen LogP contribution in [0, 0.1) is 6.92 Å². The van der Waals surface area contributed by atoms with Crippen LogP contribution in [0.5, 0.6) is 0 Å². The molecule has 1 aromatic heterocycles. The highest BCUT2D eigenvalue weighted by atomic mass is 79.9. The summed E-state index contributed by atoms with van der Waals surface area (Å²) in [6.45, 7) is 4.95. The molecule has 23 heavy (non-hydrogen) atoms. The molecule has 1 unspecified atom stereocenters. The Balaban J connectivity index is 1.64. The van der Waals surface area contributed by atoms with Crippen LogP contribution in [0.15, 0.2) is 34.9 Å². The van der Waals surface area contributed by atoms with Crippen molar-refractivity contribution >= 4 is 27.5 Å². The van der Waals surface area contributed by atoms with E-state index in [0.717, 1.165) is 35.2 Å². The van der Waals surface area contributed by atoms with Crippen molar-refractivity contribution < 1.29 is 4.79 Å². The maximum atomic E-state index is 12.0. The van der Waals surface area contributed by atoms with Gasteiger partial charge in [0.1, 0.15) is 0 Å². The molecule has 124 valence electrons. The van der Waals surface area contributed by atoms with Crippen LogP contribution in [-0.2, 0) is 11.2 Å². The lowest BCUT2D eigenvalue weighted by molar-refractivity contribution is -0.116. The molecule has 0 aliphatic heterocycles. The number of nitrogens with one attached hydrogen (secondary N) is 3. The number of hydrogen-bond donors (Lipinski definition) is 3. The number of aromatic nitrogens is 2. The second-order valence-corrected chi connectivity index (χ2v) is 6.65. The van der Waals surface area contributed by atoms with Crippen LogP contribution in [0.1, 0.15) is 31.0 Å². The number of rotatable bonds is 8. The van der Waals surface area contributed by atoms with Crippen LogP contribution in [0.4, 0.5) is 5.69 Å². The number of anilines is 1. The van der Waals surface area contributed by atoms with Gasteiger partial charge in [-0.15, -0.1) is 0 Å². The molecule has 0 bridgehead atoms. The summed E-state index contributed by atoms with van der Waals surface area (Å²) in [6, 6.07) is 7.74. The number of aromatic amines is 1. The predicted octanol–water partition coefficient (Wildman–Crippen LogP) is 3.42. The summed E-state index contributed by atoms with van der Waals surface area (Å²) in [4.78, 5) is 12.0. The molecule has 6 heteroatoms. The fraction of sp³-hybridized carbons (Fsp3) is 0.412. The zero-order valence-electron chi connectivity index (χ0n) is 13.5. The zero-order valence-corrected chi connectivity index (χ0v) is 15.1. The standard InChI is InChI=1S/C17H23BrN4O/c1-12(19-9-3-4-14-11-20-22-13(14)2)10-17(23)21-16-7-5-15(18)6-8-16/h5-8,11-12,19H,3-4,9-10H2,1-2H3,(H,20,22)(H,21,23). The Morgan fingerprint density at radius 1 is 1.35 bits per heavy atom. The number of aryl methyl sites for hydroxylation is 2. The molecule has 1 aromatic carbocycles. The van der Waals surface area contributed by atoms with E-state index in [1.807, 2.05) is 44.3 Å². The van der Waals surface area contributed by atoms with E-state index in [1.54, 1.807) is 0 Å². The predicted molar refractivity (Wildman–Crippen MR) is 96.5 cm³/mol. The van der Waals surface area contributed by atoms with Crippen LogP contribution >= 0.6 is 15.9 Å². The van der Waals surface area contributed by atoms with Crippen molar-refractivity contribution in [2.45, 2.75) is 39.2 Å². The van der Waals surface area contributed by atoms with Gasteiger partial charge in [-0.3, -0.25) is 9.89 Å². The van der Waals surface area contributed by atoms with E-state index in [1.165, 1.54) is 5.56 Å². The van der Waals surface area contributed by atoms with Crippen LogP contribution in [0.2, 0.25) is 0 Å². The van der Waals surface area contributed by atoms with E-state index in [4.69, 9.17) is 0 Å². The summed E-state index contributed by atoms with van der Waals surface area (Å²) in [5.74, 6) is 0.0259. The molecule has 1 heterocycles.